The third-order valence-corrected chi connectivity index (χ3v) is 6.49. The number of rotatable bonds is 12. The van der Waals surface area contributed by atoms with E-state index in [-0.39, 0.29) is 24.1 Å². The molecular formula is C31H31ClN6O6. The minimum atomic E-state index is -0.742. The van der Waals surface area contributed by atoms with Crippen LogP contribution in [-0.4, -0.2) is 67.3 Å². The average molecular weight is 619 g/mol. The molecule has 0 saturated heterocycles. The quantitative estimate of drug-likeness (QED) is 0.133. The van der Waals surface area contributed by atoms with Crippen molar-refractivity contribution in [2.24, 2.45) is 0 Å². The van der Waals surface area contributed by atoms with Crippen LogP contribution in [0.5, 0.6) is 23.0 Å². The second-order valence-corrected chi connectivity index (χ2v) is 9.73. The summed E-state index contributed by atoms with van der Waals surface area (Å²) >= 11 is 6.18. The average Bonchev–Trinajstić information content (AvgIpc) is 3.03. The van der Waals surface area contributed by atoms with E-state index in [4.69, 9.17) is 36.0 Å². The number of hydrogen-bond donors (Lipinski definition) is 3. The Morgan fingerprint density at radius 3 is 2.41 bits per heavy atom. The van der Waals surface area contributed by atoms with Crippen molar-refractivity contribution in [3.8, 4) is 23.0 Å². The zero-order valence-corrected chi connectivity index (χ0v) is 25.5. The summed E-state index contributed by atoms with van der Waals surface area (Å²) in [5.41, 5.74) is 1.03. The number of hydrogen-bond acceptors (Lipinski definition) is 10. The van der Waals surface area contributed by atoms with E-state index in [2.05, 4.69) is 20.6 Å². The Morgan fingerprint density at radius 1 is 1.00 bits per heavy atom. The van der Waals surface area contributed by atoms with Crippen LogP contribution in [0.15, 0.2) is 72.9 Å². The fourth-order valence-corrected chi connectivity index (χ4v) is 4.18. The molecule has 3 N–H and O–H groups in total. The van der Waals surface area contributed by atoms with E-state index in [1.165, 1.54) is 17.3 Å². The van der Waals surface area contributed by atoms with Crippen LogP contribution in [0, 0.1) is 5.41 Å². The van der Waals surface area contributed by atoms with Crippen LogP contribution >= 0.6 is 11.6 Å². The van der Waals surface area contributed by atoms with E-state index in [9.17, 15) is 9.59 Å². The van der Waals surface area contributed by atoms with Gasteiger partial charge in [-0.1, -0.05) is 11.6 Å². The molecule has 0 atom stereocenters. The summed E-state index contributed by atoms with van der Waals surface area (Å²) in [6.07, 6.45) is 4.43. The zero-order valence-electron chi connectivity index (χ0n) is 24.7. The van der Waals surface area contributed by atoms with E-state index in [0.29, 0.717) is 50.2 Å². The third kappa shape index (κ3) is 7.34. The molecule has 4 rings (SSSR count). The van der Waals surface area contributed by atoms with Crippen LogP contribution in [0.25, 0.3) is 10.9 Å². The minimum absolute atomic E-state index is 0.0167. The molecule has 4 aromatic rings. The van der Waals surface area contributed by atoms with Gasteiger partial charge in [0.2, 0.25) is 0 Å². The monoisotopic (exact) mass is 618 g/mol. The number of aromatic nitrogens is 2. The van der Waals surface area contributed by atoms with Gasteiger partial charge in [0.15, 0.2) is 23.0 Å². The predicted molar refractivity (Wildman–Crippen MR) is 168 cm³/mol. The van der Waals surface area contributed by atoms with E-state index < -0.39 is 11.6 Å². The van der Waals surface area contributed by atoms with Crippen LogP contribution in [-0.2, 0) is 9.53 Å². The summed E-state index contributed by atoms with van der Waals surface area (Å²) in [5, 5.41) is 14.9. The topological polar surface area (TPSA) is 148 Å². The molecule has 0 radical (unpaired) electrons. The van der Waals surface area contributed by atoms with Gasteiger partial charge in [-0.2, -0.15) is 0 Å². The summed E-state index contributed by atoms with van der Waals surface area (Å²) in [6, 6.07) is 13.2. The molecule has 13 heteroatoms. The van der Waals surface area contributed by atoms with Gasteiger partial charge in [-0.05, 0) is 49.4 Å². The Balaban J connectivity index is 1.45. The number of nitrogens with one attached hydrogen (secondary N) is 3. The fourth-order valence-electron chi connectivity index (χ4n) is 3.98. The summed E-state index contributed by atoms with van der Waals surface area (Å²) < 4.78 is 22.3. The summed E-state index contributed by atoms with van der Waals surface area (Å²) in [7, 11) is 6.35. The molecule has 44 heavy (non-hydrogen) atoms. The predicted octanol–water partition coefficient (Wildman–Crippen LogP) is 5.74. The minimum Gasteiger partial charge on any atom is -0.493 e. The maximum atomic E-state index is 12.9. The highest BCUT2D eigenvalue weighted by molar-refractivity contribution is 6.47. The first-order valence-electron chi connectivity index (χ1n) is 13.3. The summed E-state index contributed by atoms with van der Waals surface area (Å²) in [4.78, 5) is 35.3. The first kappa shape index (κ1) is 31.6. The lowest BCUT2D eigenvalue weighted by molar-refractivity contribution is -0.110. The van der Waals surface area contributed by atoms with E-state index in [1.807, 2.05) is 0 Å². The third-order valence-electron chi connectivity index (χ3n) is 6.16. The van der Waals surface area contributed by atoms with Crippen molar-refractivity contribution in [1.29, 1.82) is 5.41 Å². The second kappa shape index (κ2) is 14.2. The maximum absolute atomic E-state index is 12.9. The summed E-state index contributed by atoms with van der Waals surface area (Å²) in [5.74, 6) is 1.19. The molecule has 12 nitrogen and oxygen atoms in total. The summed E-state index contributed by atoms with van der Waals surface area (Å²) in [6.45, 7) is 1.94. The van der Waals surface area contributed by atoms with Crippen LogP contribution in [0.2, 0.25) is 5.02 Å². The number of methoxy groups -OCH3 is 2. The first-order chi connectivity index (χ1) is 21.1. The number of fused-ring (bicyclic) bond motifs is 1. The number of anilines is 2. The van der Waals surface area contributed by atoms with Gasteiger partial charge in [-0.25, -0.2) is 4.98 Å². The lowest BCUT2D eigenvalue weighted by atomic mass is 10.1. The van der Waals surface area contributed by atoms with Gasteiger partial charge in [-0.3, -0.25) is 20.0 Å². The molecule has 2 heterocycles. The molecule has 0 unspecified atom stereocenters. The van der Waals surface area contributed by atoms with Gasteiger partial charge in [0.1, 0.15) is 17.3 Å². The molecule has 0 saturated carbocycles. The number of pyridine rings is 2. The standard InChI is InChI=1S/C31H31ClN6O6/c1-6-43-27(17-35-18-7-9-22(32)20(13-18)31(40)38(2)3)29(33)30(39)37-28-10-8-19(16-36-28)44-24-11-12-34-23-15-26(42-5)25(41-4)14-21(23)24/h7-17,33,35H,6H2,1-5H3,(H,36,37,39)/b27-17+,33-29?. The van der Waals surface area contributed by atoms with Crippen molar-refractivity contribution in [3.05, 3.63) is 83.5 Å². The van der Waals surface area contributed by atoms with Crippen LogP contribution < -0.4 is 24.8 Å². The number of benzene rings is 2. The highest BCUT2D eigenvalue weighted by Gasteiger charge is 2.18. The van der Waals surface area contributed by atoms with Gasteiger partial charge in [0.25, 0.3) is 11.8 Å². The Morgan fingerprint density at radius 2 is 1.75 bits per heavy atom. The van der Waals surface area contributed by atoms with Gasteiger partial charge >= 0.3 is 0 Å². The molecule has 0 aliphatic carbocycles. The van der Waals surface area contributed by atoms with Gasteiger partial charge < -0.3 is 34.5 Å². The van der Waals surface area contributed by atoms with E-state index in [0.717, 1.165) is 0 Å². The van der Waals surface area contributed by atoms with Crippen molar-refractivity contribution in [2.45, 2.75) is 6.92 Å². The Labute approximate surface area is 259 Å². The van der Waals surface area contributed by atoms with Gasteiger partial charge in [-0.15, -0.1) is 0 Å². The highest BCUT2D eigenvalue weighted by Crippen LogP contribution is 2.36. The molecule has 228 valence electrons. The molecule has 2 aromatic heterocycles. The van der Waals surface area contributed by atoms with Crippen molar-refractivity contribution in [3.63, 3.8) is 0 Å². The Hall–Kier alpha value is -5.36. The first-order valence-corrected chi connectivity index (χ1v) is 13.7. The normalized spacial score (nSPS) is 11.0. The smallest absolute Gasteiger partial charge is 0.278 e. The molecule has 2 amide bonds. The van der Waals surface area contributed by atoms with Crippen molar-refractivity contribution in [2.75, 3.05) is 45.6 Å². The van der Waals surface area contributed by atoms with Crippen LogP contribution in [0.1, 0.15) is 17.3 Å². The van der Waals surface area contributed by atoms with Crippen molar-refractivity contribution >= 4 is 51.5 Å². The molecule has 0 spiro atoms. The number of amides is 2. The molecule has 0 bridgehead atoms. The highest BCUT2D eigenvalue weighted by atomic mass is 35.5. The SMILES string of the molecule is CCO/C(=C/Nc1ccc(Cl)c(C(=O)N(C)C)c1)C(=N)C(=O)Nc1ccc(Oc2ccnc3cc(OC)c(OC)cc23)cn1. The number of ether oxygens (including phenoxy) is 4. The molecule has 0 fully saturated rings. The fraction of sp³-hybridized carbons (Fsp3) is 0.194. The number of carbonyl (C=O) groups is 2. The lowest BCUT2D eigenvalue weighted by Crippen LogP contribution is -2.26. The molecule has 0 aliphatic rings. The molecule has 0 aliphatic heterocycles. The van der Waals surface area contributed by atoms with Crippen molar-refractivity contribution in [1.82, 2.24) is 14.9 Å². The zero-order chi connectivity index (χ0) is 31.8. The Kier molecular flexibility index (Phi) is 10.2. The number of carbonyl (C=O) groups excluding carboxylic acids is 2. The van der Waals surface area contributed by atoms with Crippen LogP contribution in [0.4, 0.5) is 11.5 Å². The maximum Gasteiger partial charge on any atom is 0.278 e. The van der Waals surface area contributed by atoms with Gasteiger partial charge in [0, 0.05) is 43.6 Å². The van der Waals surface area contributed by atoms with Crippen molar-refractivity contribution < 1.29 is 28.5 Å². The number of halogens is 1. The van der Waals surface area contributed by atoms with Gasteiger partial charge in [0.05, 0.1) is 43.1 Å². The van der Waals surface area contributed by atoms with E-state index >= 15 is 0 Å². The van der Waals surface area contributed by atoms with E-state index in [1.54, 1.807) is 90.0 Å². The Bertz CT molecular complexity index is 1730. The largest absolute Gasteiger partial charge is 0.493 e. The second-order valence-electron chi connectivity index (χ2n) is 9.32. The molecular weight excluding hydrogens is 588 g/mol. The lowest BCUT2D eigenvalue weighted by Gasteiger charge is -2.14. The number of nitrogens with zero attached hydrogens (tertiary/aromatic N) is 3. The van der Waals surface area contributed by atoms with Crippen LogP contribution in [0.3, 0.4) is 0 Å². The molecule has 2 aromatic carbocycles.